The topological polar surface area (TPSA) is 41.5 Å². The number of rotatable bonds is 7. The quantitative estimate of drug-likeness (QED) is 0.745. The predicted octanol–water partition coefficient (Wildman–Crippen LogP) is 2.56. The van der Waals surface area contributed by atoms with E-state index in [-0.39, 0.29) is 12.0 Å². The number of aryl methyl sites for hydroxylation is 2. The molecule has 0 amide bonds. The van der Waals surface area contributed by atoms with Crippen LogP contribution >= 0.6 is 0 Å². The molecule has 0 aliphatic heterocycles. The number of ether oxygens (including phenoxy) is 1. The fourth-order valence-electron chi connectivity index (χ4n) is 2.65. The van der Waals surface area contributed by atoms with Gasteiger partial charge >= 0.3 is 0 Å². The van der Waals surface area contributed by atoms with Gasteiger partial charge in [-0.1, -0.05) is 19.9 Å². The molecule has 0 saturated heterocycles. The largest absolute Gasteiger partial charge is 0.496 e. The third-order valence-corrected chi connectivity index (χ3v) is 3.42. The van der Waals surface area contributed by atoms with Crippen molar-refractivity contribution in [2.75, 3.05) is 26.8 Å². The minimum atomic E-state index is -0.00141. The molecular formula is C16H27NO2. The first-order valence-electron chi connectivity index (χ1n) is 6.89. The van der Waals surface area contributed by atoms with Crippen molar-refractivity contribution in [3.8, 4) is 5.75 Å². The average molecular weight is 265 g/mol. The van der Waals surface area contributed by atoms with Crippen LogP contribution in [-0.4, -0.2) is 31.9 Å². The number of benzene rings is 1. The van der Waals surface area contributed by atoms with Crippen molar-refractivity contribution in [3.63, 3.8) is 0 Å². The van der Waals surface area contributed by atoms with E-state index in [1.54, 1.807) is 7.11 Å². The van der Waals surface area contributed by atoms with Gasteiger partial charge in [0, 0.05) is 24.1 Å². The molecule has 0 aliphatic carbocycles. The van der Waals surface area contributed by atoms with Crippen LogP contribution in [0.5, 0.6) is 5.75 Å². The molecule has 0 spiro atoms. The minimum absolute atomic E-state index is 0.00141. The maximum Gasteiger partial charge on any atom is 0.123 e. The summed E-state index contributed by atoms with van der Waals surface area (Å²) in [5.41, 5.74) is 3.75. The Hall–Kier alpha value is -1.06. The van der Waals surface area contributed by atoms with E-state index in [2.05, 4.69) is 45.1 Å². The molecule has 0 fully saturated rings. The van der Waals surface area contributed by atoms with Gasteiger partial charge in [0.05, 0.1) is 7.11 Å². The van der Waals surface area contributed by atoms with Crippen LogP contribution in [0.2, 0.25) is 0 Å². The molecule has 2 N–H and O–H groups in total. The lowest BCUT2D eigenvalue weighted by atomic mass is 9.80. The molecule has 0 radical (unpaired) electrons. The summed E-state index contributed by atoms with van der Waals surface area (Å²) in [6.07, 6.45) is 0.792. The van der Waals surface area contributed by atoms with Gasteiger partial charge < -0.3 is 15.2 Å². The van der Waals surface area contributed by atoms with Gasteiger partial charge in [-0.2, -0.15) is 0 Å². The van der Waals surface area contributed by atoms with Crippen molar-refractivity contribution in [2.24, 2.45) is 0 Å². The number of aliphatic hydroxyl groups excluding tert-OH is 1. The summed E-state index contributed by atoms with van der Waals surface area (Å²) in [5, 5.41) is 12.2. The second kappa shape index (κ2) is 6.92. The number of methoxy groups -OCH3 is 1. The predicted molar refractivity (Wildman–Crippen MR) is 80.1 cm³/mol. The van der Waals surface area contributed by atoms with Crippen LogP contribution < -0.4 is 10.1 Å². The Kier molecular flexibility index (Phi) is 5.83. The molecule has 3 heteroatoms. The highest BCUT2D eigenvalue weighted by Gasteiger charge is 2.26. The second-order valence-corrected chi connectivity index (χ2v) is 5.80. The molecule has 0 aliphatic rings. The van der Waals surface area contributed by atoms with E-state index in [0.717, 1.165) is 25.3 Å². The van der Waals surface area contributed by atoms with Crippen LogP contribution in [0.15, 0.2) is 12.1 Å². The van der Waals surface area contributed by atoms with E-state index < -0.39 is 0 Å². The molecule has 1 aromatic rings. The molecule has 0 aromatic heterocycles. The van der Waals surface area contributed by atoms with E-state index in [1.165, 1.54) is 16.7 Å². The highest BCUT2D eigenvalue weighted by atomic mass is 16.5. The van der Waals surface area contributed by atoms with Gasteiger partial charge in [-0.05, 0) is 44.0 Å². The second-order valence-electron chi connectivity index (χ2n) is 5.80. The lowest BCUT2D eigenvalue weighted by molar-refractivity contribution is 0.283. The molecule has 3 nitrogen and oxygen atoms in total. The Bertz CT molecular complexity index is 413. The summed E-state index contributed by atoms with van der Waals surface area (Å²) in [7, 11) is 1.73. The Morgan fingerprint density at radius 1 is 1.26 bits per heavy atom. The molecular weight excluding hydrogens is 238 g/mol. The van der Waals surface area contributed by atoms with Crippen molar-refractivity contribution in [2.45, 2.75) is 39.5 Å². The van der Waals surface area contributed by atoms with E-state index in [1.807, 2.05) is 0 Å². The normalized spacial score (nSPS) is 11.7. The number of hydrogen-bond acceptors (Lipinski definition) is 3. The van der Waals surface area contributed by atoms with Crippen LogP contribution in [0.3, 0.4) is 0 Å². The number of aliphatic hydroxyl groups is 1. The third-order valence-electron chi connectivity index (χ3n) is 3.42. The standard InChI is InChI=1S/C16H27NO2/c1-12-9-13(2)15(14(10-12)19-5)16(3,4)11-17-7-6-8-18/h9-10,17-18H,6-8,11H2,1-5H3. The monoisotopic (exact) mass is 265 g/mol. The fraction of sp³-hybridized carbons (Fsp3) is 0.625. The number of hydrogen-bond donors (Lipinski definition) is 2. The summed E-state index contributed by atoms with van der Waals surface area (Å²) < 4.78 is 5.55. The van der Waals surface area contributed by atoms with Gasteiger partial charge in [0.2, 0.25) is 0 Å². The molecule has 0 heterocycles. The van der Waals surface area contributed by atoms with Crippen LogP contribution in [0.25, 0.3) is 0 Å². The zero-order valence-corrected chi connectivity index (χ0v) is 12.8. The lowest BCUT2D eigenvalue weighted by Gasteiger charge is -2.29. The maximum atomic E-state index is 8.81. The summed E-state index contributed by atoms with van der Waals surface area (Å²) in [6, 6.07) is 4.30. The third kappa shape index (κ3) is 4.22. The van der Waals surface area contributed by atoms with Crippen molar-refractivity contribution >= 4 is 0 Å². The summed E-state index contributed by atoms with van der Waals surface area (Å²) in [5.74, 6) is 0.964. The number of nitrogens with one attached hydrogen (secondary N) is 1. The van der Waals surface area contributed by atoms with E-state index in [0.29, 0.717) is 0 Å². The van der Waals surface area contributed by atoms with Crippen molar-refractivity contribution in [1.82, 2.24) is 5.32 Å². The molecule has 0 atom stereocenters. The Morgan fingerprint density at radius 2 is 1.95 bits per heavy atom. The molecule has 1 aromatic carbocycles. The highest BCUT2D eigenvalue weighted by molar-refractivity contribution is 5.47. The van der Waals surface area contributed by atoms with Crippen molar-refractivity contribution < 1.29 is 9.84 Å². The van der Waals surface area contributed by atoms with Crippen LogP contribution in [0, 0.1) is 13.8 Å². The molecule has 1 rings (SSSR count). The van der Waals surface area contributed by atoms with Crippen LogP contribution in [0.1, 0.15) is 37.0 Å². The van der Waals surface area contributed by atoms with Gasteiger partial charge in [0.15, 0.2) is 0 Å². The Morgan fingerprint density at radius 3 is 2.53 bits per heavy atom. The van der Waals surface area contributed by atoms with E-state index in [9.17, 15) is 0 Å². The summed E-state index contributed by atoms with van der Waals surface area (Å²) in [6.45, 7) is 10.6. The fourth-order valence-corrected chi connectivity index (χ4v) is 2.65. The molecule has 0 bridgehead atoms. The summed E-state index contributed by atoms with van der Waals surface area (Å²) in [4.78, 5) is 0. The van der Waals surface area contributed by atoms with Gasteiger partial charge in [-0.3, -0.25) is 0 Å². The van der Waals surface area contributed by atoms with Crippen molar-refractivity contribution in [3.05, 3.63) is 28.8 Å². The zero-order chi connectivity index (χ0) is 14.5. The first kappa shape index (κ1) is 16.0. The van der Waals surface area contributed by atoms with Crippen LogP contribution in [-0.2, 0) is 5.41 Å². The van der Waals surface area contributed by atoms with E-state index >= 15 is 0 Å². The van der Waals surface area contributed by atoms with Crippen LogP contribution in [0.4, 0.5) is 0 Å². The lowest BCUT2D eigenvalue weighted by Crippen LogP contribution is -2.34. The van der Waals surface area contributed by atoms with Gasteiger partial charge in [0.1, 0.15) is 5.75 Å². The van der Waals surface area contributed by atoms with E-state index in [4.69, 9.17) is 9.84 Å². The molecule has 19 heavy (non-hydrogen) atoms. The average Bonchev–Trinajstić information content (AvgIpc) is 2.33. The summed E-state index contributed by atoms with van der Waals surface area (Å²) >= 11 is 0. The Labute approximate surface area is 117 Å². The van der Waals surface area contributed by atoms with Crippen molar-refractivity contribution in [1.29, 1.82) is 0 Å². The highest BCUT2D eigenvalue weighted by Crippen LogP contribution is 2.35. The van der Waals surface area contributed by atoms with Gasteiger partial charge in [0.25, 0.3) is 0 Å². The first-order valence-corrected chi connectivity index (χ1v) is 6.89. The maximum absolute atomic E-state index is 8.81. The molecule has 0 unspecified atom stereocenters. The minimum Gasteiger partial charge on any atom is -0.496 e. The zero-order valence-electron chi connectivity index (χ0n) is 12.8. The molecule has 108 valence electrons. The Balaban J connectivity index is 2.93. The first-order chi connectivity index (χ1) is 8.92. The SMILES string of the molecule is COc1cc(C)cc(C)c1C(C)(C)CNCCCO. The smallest absolute Gasteiger partial charge is 0.123 e. The van der Waals surface area contributed by atoms with Gasteiger partial charge in [-0.15, -0.1) is 0 Å². The van der Waals surface area contributed by atoms with Gasteiger partial charge in [-0.25, -0.2) is 0 Å². The molecule has 0 saturated carbocycles.